The minimum absolute atomic E-state index is 0.316. The van der Waals surface area contributed by atoms with Crippen molar-refractivity contribution in [1.29, 1.82) is 0 Å². The van der Waals surface area contributed by atoms with Gasteiger partial charge >= 0.3 is 0 Å². The summed E-state index contributed by atoms with van der Waals surface area (Å²) in [6.07, 6.45) is 3.62. The van der Waals surface area contributed by atoms with Crippen molar-refractivity contribution >= 4 is 0 Å². The van der Waals surface area contributed by atoms with Crippen molar-refractivity contribution in [2.45, 2.75) is 44.4 Å². The van der Waals surface area contributed by atoms with Crippen molar-refractivity contribution in [1.82, 2.24) is 0 Å². The van der Waals surface area contributed by atoms with Gasteiger partial charge in [0.05, 0.1) is 0 Å². The molecule has 3 aliphatic carbocycles. The van der Waals surface area contributed by atoms with Crippen LogP contribution in [0, 0.1) is 5.41 Å². The van der Waals surface area contributed by atoms with E-state index < -0.39 is 0 Å². The van der Waals surface area contributed by atoms with E-state index in [-0.39, 0.29) is 0 Å². The molecule has 4 rings (SSSR count). The largest absolute Gasteiger partial charge is 0.396 e. The summed E-state index contributed by atoms with van der Waals surface area (Å²) in [5, 5.41) is 9.26. The Kier molecular flexibility index (Phi) is 2.00. The maximum atomic E-state index is 9.26. The Balaban J connectivity index is 1.78. The predicted octanol–water partition coefficient (Wildman–Crippen LogP) is 3.22. The Morgan fingerprint density at radius 1 is 1.12 bits per heavy atom. The second-order valence-electron chi connectivity index (χ2n) is 6.25. The molecular formula is C15H20O. The van der Waals surface area contributed by atoms with Gasteiger partial charge in [-0.3, -0.25) is 0 Å². The van der Waals surface area contributed by atoms with Crippen molar-refractivity contribution < 1.29 is 5.11 Å². The fraction of sp³-hybridized carbons (Fsp3) is 0.600. The molecule has 3 fully saturated rings. The van der Waals surface area contributed by atoms with Crippen molar-refractivity contribution in [3.8, 4) is 0 Å². The van der Waals surface area contributed by atoms with Crippen LogP contribution in [0.25, 0.3) is 0 Å². The van der Waals surface area contributed by atoms with Gasteiger partial charge in [0, 0.05) is 6.61 Å². The molecule has 0 aliphatic heterocycles. The first-order valence-corrected chi connectivity index (χ1v) is 6.31. The summed E-state index contributed by atoms with van der Waals surface area (Å²) < 4.78 is 0. The Labute approximate surface area is 97.5 Å². The molecule has 0 unspecified atom stereocenters. The van der Waals surface area contributed by atoms with Crippen molar-refractivity contribution in [2.24, 2.45) is 5.41 Å². The molecule has 0 amide bonds. The zero-order chi connectivity index (χ0) is 11.4. The molecule has 1 N–H and O–H groups in total. The minimum Gasteiger partial charge on any atom is -0.396 e. The Bertz CT molecular complexity index is 382. The predicted molar refractivity (Wildman–Crippen MR) is 65.6 cm³/mol. The highest BCUT2D eigenvalue weighted by molar-refractivity contribution is 5.40. The molecule has 0 radical (unpaired) electrons. The first-order chi connectivity index (χ1) is 7.59. The lowest BCUT2D eigenvalue weighted by atomic mass is 9.34. The molecule has 0 spiro atoms. The highest BCUT2D eigenvalue weighted by atomic mass is 16.3. The first-order valence-electron chi connectivity index (χ1n) is 6.31. The highest BCUT2D eigenvalue weighted by Crippen LogP contribution is 2.73. The Hall–Kier alpha value is -0.820. The molecular weight excluding hydrogens is 196 g/mol. The van der Waals surface area contributed by atoms with Crippen LogP contribution in [0.5, 0.6) is 0 Å². The second-order valence-corrected chi connectivity index (χ2v) is 6.25. The van der Waals surface area contributed by atoms with E-state index in [0.29, 0.717) is 23.4 Å². The molecule has 1 nitrogen and oxygen atoms in total. The average Bonchev–Trinajstić information content (AvgIpc) is 2.15. The van der Waals surface area contributed by atoms with E-state index in [4.69, 9.17) is 0 Å². The normalized spacial score (nSPS) is 35.8. The van der Waals surface area contributed by atoms with Crippen LogP contribution in [0.1, 0.15) is 50.2 Å². The van der Waals surface area contributed by atoms with E-state index in [0.717, 1.165) is 0 Å². The third-order valence-corrected chi connectivity index (χ3v) is 4.67. The number of hydrogen-bond donors (Lipinski definition) is 1. The molecule has 1 aromatic carbocycles. The molecule has 0 atom stereocenters. The summed E-state index contributed by atoms with van der Waals surface area (Å²) in [6.45, 7) is 4.85. The van der Waals surface area contributed by atoms with Crippen LogP contribution >= 0.6 is 0 Å². The van der Waals surface area contributed by atoms with Gasteiger partial charge in [-0.2, -0.15) is 0 Å². The maximum absolute atomic E-state index is 9.26. The smallest absolute Gasteiger partial charge is 0.0488 e. The lowest BCUT2D eigenvalue weighted by Crippen LogP contribution is -2.66. The number of rotatable bonds is 3. The van der Waals surface area contributed by atoms with Gasteiger partial charge in [0.25, 0.3) is 0 Å². The van der Waals surface area contributed by atoms with E-state index in [2.05, 4.69) is 38.1 Å². The maximum Gasteiger partial charge on any atom is 0.0488 e. The van der Waals surface area contributed by atoms with Gasteiger partial charge < -0.3 is 5.11 Å². The summed E-state index contributed by atoms with van der Waals surface area (Å²) in [5.74, 6) is 0.617. The summed E-state index contributed by atoms with van der Waals surface area (Å²) in [7, 11) is 0. The molecule has 0 heterocycles. The van der Waals surface area contributed by atoms with E-state index in [1.165, 1.54) is 30.4 Å². The van der Waals surface area contributed by atoms with Gasteiger partial charge in [0.1, 0.15) is 0 Å². The molecule has 16 heavy (non-hydrogen) atoms. The summed E-state index contributed by atoms with van der Waals surface area (Å²) in [4.78, 5) is 0. The van der Waals surface area contributed by atoms with Crippen LogP contribution in [-0.4, -0.2) is 11.7 Å². The van der Waals surface area contributed by atoms with Gasteiger partial charge in [-0.15, -0.1) is 0 Å². The first kappa shape index (κ1) is 10.3. The third kappa shape index (κ3) is 1.21. The standard InChI is InChI=1S/C15H20O/c1-11(2)12-3-5-13(6-4-12)15-7-14(8-15,9-15)10-16/h3-6,11,16H,7-10H2,1-2H3. The van der Waals surface area contributed by atoms with Crippen LogP contribution in [0.2, 0.25) is 0 Å². The van der Waals surface area contributed by atoms with Gasteiger partial charge in [-0.05, 0) is 47.1 Å². The summed E-state index contributed by atoms with van der Waals surface area (Å²) in [5.41, 5.74) is 3.68. The van der Waals surface area contributed by atoms with E-state index in [1.807, 2.05) is 0 Å². The van der Waals surface area contributed by atoms with Crippen molar-refractivity contribution in [3.63, 3.8) is 0 Å². The van der Waals surface area contributed by atoms with E-state index in [9.17, 15) is 5.11 Å². The minimum atomic E-state index is 0.316. The molecule has 0 aromatic heterocycles. The summed E-state index contributed by atoms with van der Waals surface area (Å²) >= 11 is 0. The molecule has 3 aliphatic rings. The zero-order valence-electron chi connectivity index (χ0n) is 10.2. The second kappa shape index (κ2) is 3.10. The lowest BCUT2D eigenvalue weighted by Gasteiger charge is -2.70. The molecule has 0 saturated heterocycles. The van der Waals surface area contributed by atoms with Gasteiger partial charge in [0.2, 0.25) is 0 Å². The van der Waals surface area contributed by atoms with E-state index >= 15 is 0 Å². The monoisotopic (exact) mass is 216 g/mol. The highest BCUT2D eigenvalue weighted by Gasteiger charge is 2.67. The fourth-order valence-electron chi connectivity index (χ4n) is 3.69. The number of hydrogen-bond acceptors (Lipinski definition) is 1. The number of aliphatic hydroxyl groups is 1. The Morgan fingerprint density at radius 2 is 1.69 bits per heavy atom. The third-order valence-electron chi connectivity index (χ3n) is 4.67. The van der Waals surface area contributed by atoms with Crippen LogP contribution in [0.15, 0.2) is 24.3 Å². The van der Waals surface area contributed by atoms with Gasteiger partial charge in [0.15, 0.2) is 0 Å². The molecule has 1 aromatic rings. The van der Waals surface area contributed by atoms with Crippen LogP contribution < -0.4 is 0 Å². The lowest BCUT2D eigenvalue weighted by molar-refractivity contribution is -0.167. The van der Waals surface area contributed by atoms with Crippen molar-refractivity contribution in [2.75, 3.05) is 6.61 Å². The van der Waals surface area contributed by atoms with Gasteiger partial charge in [-0.1, -0.05) is 38.1 Å². The zero-order valence-corrected chi connectivity index (χ0v) is 10.2. The van der Waals surface area contributed by atoms with Crippen molar-refractivity contribution in [3.05, 3.63) is 35.4 Å². The summed E-state index contributed by atoms with van der Waals surface area (Å²) in [6, 6.07) is 9.14. The molecule has 1 heteroatoms. The number of aliphatic hydroxyl groups excluding tert-OH is 1. The van der Waals surface area contributed by atoms with Crippen LogP contribution in [0.3, 0.4) is 0 Å². The fourth-order valence-corrected chi connectivity index (χ4v) is 3.69. The molecule has 3 saturated carbocycles. The van der Waals surface area contributed by atoms with Gasteiger partial charge in [-0.25, -0.2) is 0 Å². The Morgan fingerprint density at radius 3 is 2.12 bits per heavy atom. The quantitative estimate of drug-likeness (QED) is 0.822. The van der Waals surface area contributed by atoms with E-state index in [1.54, 1.807) is 0 Å². The topological polar surface area (TPSA) is 20.2 Å². The molecule has 2 bridgehead atoms. The SMILES string of the molecule is CC(C)c1ccc(C23CC(CO)(C2)C3)cc1. The van der Waals surface area contributed by atoms with Crippen LogP contribution in [-0.2, 0) is 5.41 Å². The number of benzene rings is 1. The molecule has 86 valence electrons. The van der Waals surface area contributed by atoms with Crippen LogP contribution in [0.4, 0.5) is 0 Å². The average molecular weight is 216 g/mol.